The van der Waals surface area contributed by atoms with Gasteiger partial charge in [-0.15, -0.1) is 0 Å². The summed E-state index contributed by atoms with van der Waals surface area (Å²) in [6.45, 7) is 5.81. The molecule has 0 aromatic carbocycles. The largest absolute Gasteiger partial charge is 0.480 e. The average Bonchev–Trinajstić information content (AvgIpc) is 3.75. The minimum Gasteiger partial charge on any atom is -0.480 e. The molecule has 280 valence electrons. The van der Waals surface area contributed by atoms with Crippen molar-refractivity contribution in [3.05, 3.63) is 0 Å². The monoisotopic (exact) mass is 709 g/mol. The summed E-state index contributed by atoms with van der Waals surface area (Å²) in [5.74, 6) is -7.23. The molecule has 2 aliphatic rings. The van der Waals surface area contributed by atoms with Crippen LogP contribution in [0.1, 0.15) is 66.2 Å². The Morgan fingerprint density at radius 2 is 1.28 bits per heavy atom. The second-order valence-corrected chi connectivity index (χ2v) is 13.1. The van der Waals surface area contributed by atoms with Gasteiger partial charge in [-0.25, -0.2) is 0 Å². The molecule has 0 radical (unpaired) electrons. The third-order valence-corrected chi connectivity index (χ3v) is 8.51. The van der Waals surface area contributed by atoms with E-state index in [9.17, 15) is 43.2 Å². The Morgan fingerprint density at radius 1 is 0.720 bits per heavy atom. The summed E-state index contributed by atoms with van der Waals surface area (Å²) in [4.78, 5) is 116. The normalized spacial score (nSPS) is 18.9. The van der Waals surface area contributed by atoms with Crippen LogP contribution in [0.2, 0.25) is 0 Å². The number of carboxylic acids is 1. The van der Waals surface area contributed by atoms with Gasteiger partial charge in [-0.1, -0.05) is 27.7 Å². The number of primary amides is 1. The number of hydrogen-bond acceptors (Lipinski definition) is 10. The van der Waals surface area contributed by atoms with E-state index in [0.717, 1.165) is 0 Å². The van der Waals surface area contributed by atoms with Gasteiger partial charge < -0.3 is 53.0 Å². The van der Waals surface area contributed by atoms with Gasteiger partial charge in [-0.3, -0.25) is 43.2 Å². The topological polar surface area (TPSA) is 293 Å². The number of aliphatic carboxylic acids is 1. The lowest BCUT2D eigenvalue weighted by Crippen LogP contribution is -2.60. The van der Waals surface area contributed by atoms with Gasteiger partial charge >= 0.3 is 5.97 Å². The van der Waals surface area contributed by atoms with Crippen LogP contribution in [0.5, 0.6) is 0 Å². The summed E-state index contributed by atoms with van der Waals surface area (Å²) in [6, 6.07) is -5.42. The molecule has 10 N–H and O–H groups in total. The van der Waals surface area contributed by atoms with Crippen LogP contribution in [0.3, 0.4) is 0 Å². The fraction of sp³-hybridized carbons (Fsp3) is 0.710. The highest BCUT2D eigenvalue weighted by Crippen LogP contribution is 2.22. The maximum Gasteiger partial charge on any atom is 0.322 e. The fourth-order valence-corrected chi connectivity index (χ4v) is 5.84. The number of carboxylic acid groups (broad SMARTS) is 1. The number of likely N-dealkylation sites (tertiary alicyclic amines) is 2. The van der Waals surface area contributed by atoms with Crippen LogP contribution < -0.4 is 38.1 Å². The summed E-state index contributed by atoms with van der Waals surface area (Å²) >= 11 is 0. The molecule has 0 bridgehead atoms. The lowest BCUT2D eigenvalue weighted by atomic mass is 10.00. The van der Waals surface area contributed by atoms with E-state index in [1.54, 1.807) is 27.7 Å². The highest BCUT2D eigenvalue weighted by molar-refractivity contribution is 5.97. The van der Waals surface area contributed by atoms with Crippen LogP contribution in [0.15, 0.2) is 0 Å². The molecule has 2 rings (SSSR count). The Bertz CT molecular complexity index is 1310. The lowest BCUT2D eigenvalue weighted by Gasteiger charge is -2.32. The number of carbonyl (C=O) groups is 9. The number of amides is 8. The molecule has 0 saturated carbocycles. The minimum absolute atomic E-state index is 0.156. The molecule has 2 heterocycles. The molecule has 2 aliphatic heterocycles. The van der Waals surface area contributed by atoms with Gasteiger partial charge in [0, 0.05) is 19.5 Å². The van der Waals surface area contributed by atoms with Crippen molar-refractivity contribution in [1.82, 2.24) is 36.4 Å². The van der Waals surface area contributed by atoms with Crippen molar-refractivity contribution in [3.63, 3.8) is 0 Å². The fourth-order valence-electron chi connectivity index (χ4n) is 5.84. The van der Waals surface area contributed by atoms with Gasteiger partial charge in [0.05, 0.1) is 13.1 Å². The third-order valence-electron chi connectivity index (χ3n) is 8.51. The first kappa shape index (κ1) is 41.4. The maximum atomic E-state index is 13.6. The number of nitrogens with one attached hydrogen (secondary N) is 5. The van der Waals surface area contributed by atoms with E-state index >= 15 is 0 Å². The van der Waals surface area contributed by atoms with Crippen LogP contribution in [0.4, 0.5) is 0 Å². The maximum absolute atomic E-state index is 13.6. The highest BCUT2D eigenvalue weighted by Gasteiger charge is 2.42. The Labute approximate surface area is 290 Å². The Morgan fingerprint density at radius 3 is 1.80 bits per heavy atom. The molecule has 0 aromatic heterocycles. The van der Waals surface area contributed by atoms with E-state index in [4.69, 9.17) is 16.6 Å². The zero-order valence-corrected chi connectivity index (χ0v) is 29.0. The van der Waals surface area contributed by atoms with E-state index in [1.165, 1.54) is 9.80 Å². The third kappa shape index (κ3) is 12.0. The summed E-state index contributed by atoms with van der Waals surface area (Å²) < 4.78 is 0. The number of carbonyl (C=O) groups excluding carboxylic acids is 8. The van der Waals surface area contributed by atoms with Crippen LogP contribution in [0.25, 0.3) is 0 Å². The van der Waals surface area contributed by atoms with Crippen LogP contribution in [-0.4, -0.2) is 131 Å². The molecule has 2 saturated heterocycles. The predicted molar refractivity (Wildman–Crippen MR) is 176 cm³/mol. The molecular formula is C31H51N9O10. The number of hydrogen-bond donors (Lipinski definition) is 8. The first-order chi connectivity index (χ1) is 23.5. The molecule has 0 unspecified atom stereocenters. The summed E-state index contributed by atoms with van der Waals surface area (Å²) in [5.41, 5.74) is 10.6. The second-order valence-electron chi connectivity index (χ2n) is 13.1. The quantitative estimate of drug-likeness (QED) is 0.0685. The van der Waals surface area contributed by atoms with E-state index in [2.05, 4.69) is 26.6 Å². The van der Waals surface area contributed by atoms with Crippen molar-refractivity contribution in [2.75, 3.05) is 32.7 Å². The van der Waals surface area contributed by atoms with Crippen molar-refractivity contribution in [1.29, 1.82) is 0 Å². The highest BCUT2D eigenvalue weighted by atomic mass is 16.4. The van der Waals surface area contributed by atoms with Crippen molar-refractivity contribution in [3.8, 4) is 0 Å². The van der Waals surface area contributed by atoms with E-state index in [1.807, 2.05) is 0 Å². The molecule has 50 heavy (non-hydrogen) atoms. The van der Waals surface area contributed by atoms with Gasteiger partial charge in [0.1, 0.15) is 36.8 Å². The van der Waals surface area contributed by atoms with Crippen molar-refractivity contribution in [2.45, 2.75) is 96.4 Å². The molecule has 19 nitrogen and oxygen atoms in total. The first-order valence-electron chi connectivity index (χ1n) is 16.7. The van der Waals surface area contributed by atoms with E-state index in [0.29, 0.717) is 12.8 Å². The zero-order valence-electron chi connectivity index (χ0n) is 29.0. The van der Waals surface area contributed by atoms with Gasteiger partial charge in [0.15, 0.2) is 0 Å². The Kier molecular flexibility index (Phi) is 16.0. The predicted octanol–water partition coefficient (Wildman–Crippen LogP) is -3.72. The standard InChI is InChI=1S/C31H51N9O10/c1-16(2)25(29(48)36-18(9-10-21(33)41)30(49)39-11-5-7-19(39)27(46)35-15-24(44)45)38-28(47)20-8-6-12-40(20)31(50)26(17(3)4)37-23(43)14-34-22(42)13-32/h16-20,25-26H,5-15,32H2,1-4H3,(H2,33,41)(H,34,42)(H,35,46)(H,36,48)(H,37,43)(H,38,47)(H,44,45)/t18-,19-,20-,25-,26-/m0/s1. The van der Waals surface area contributed by atoms with Crippen LogP contribution >= 0.6 is 0 Å². The Hall–Kier alpha value is -4.81. The number of nitrogens with zero attached hydrogens (tertiary/aromatic N) is 2. The molecule has 0 spiro atoms. The Balaban J connectivity index is 2.19. The number of nitrogens with two attached hydrogens (primary N) is 2. The molecular weight excluding hydrogens is 658 g/mol. The summed E-state index contributed by atoms with van der Waals surface area (Å²) in [5, 5.41) is 21.4. The molecule has 2 fully saturated rings. The summed E-state index contributed by atoms with van der Waals surface area (Å²) in [6.07, 6.45) is 1.01. The number of rotatable bonds is 18. The van der Waals surface area contributed by atoms with Gasteiger partial charge in [0.25, 0.3) is 0 Å². The van der Waals surface area contributed by atoms with Crippen LogP contribution in [0, 0.1) is 11.8 Å². The molecule has 0 aliphatic carbocycles. The van der Waals surface area contributed by atoms with E-state index in [-0.39, 0.29) is 57.8 Å². The first-order valence-corrected chi connectivity index (χ1v) is 16.7. The average molecular weight is 710 g/mol. The van der Waals surface area contributed by atoms with Crippen LogP contribution in [-0.2, 0) is 43.2 Å². The van der Waals surface area contributed by atoms with E-state index < -0.39 is 95.9 Å². The smallest absolute Gasteiger partial charge is 0.322 e. The molecule has 5 atom stereocenters. The van der Waals surface area contributed by atoms with Gasteiger partial charge in [-0.2, -0.15) is 0 Å². The van der Waals surface area contributed by atoms with Crippen molar-refractivity contribution >= 4 is 53.2 Å². The minimum atomic E-state index is -1.30. The van der Waals surface area contributed by atoms with Gasteiger partial charge in [-0.05, 0) is 43.9 Å². The van der Waals surface area contributed by atoms with Gasteiger partial charge in [0.2, 0.25) is 47.3 Å². The van der Waals surface area contributed by atoms with Crippen molar-refractivity contribution < 1.29 is 48.3 Å². The summed E-state index contributed by atoms with van der Waals surface area (Å²) in [7, 11) is 0. The zero-order chi connectivity index (χ0) is 37.7. The SMILES string of the molecule is CC(C)[C@H](NC(=O)[C@@H]1CCCN1C(=O)[C@@H](NC(=O)CNC(=O)CN)C(C)C)C(=O)N[C@@H](CCC(N)=O)C(=O)N1CCC[C@H]1C(=O)NCC(=O)O. The van der Waals surface area contributed by atoms with Crippen molar-refractivity contribution in [2.24, 2.45) is 23.3 Å². The second kappa shape index (κ2) is 19.4. The lowest BCUT2D eigenvalue weighted by molar-refractivity contribution is -0.144. The molecule has 8 amide bonds. The molecule has 19 heteroatoms. The molecule has 0 aromatic rings.